The summed E-state index contributed by atoms with van der Waals surface area (Å²) >= 11 is 5.67. The van der Waals surface area contributed by atoms with Crippen LogP contribution in [0.5, 0.6) is 0 Å². The van der Waals surface area contributed by atoms with E-state index >= 15 is 0 Å². The van der Waals surface area contributed by atoms with Gasteiger partial charge in [0.25, 0.3) is 0 Å². The van der Waals surface area contributed by atoms with E-state index in [1.54, 1.807) is 18.3 Å². The number of carbonyl (C=O) groups is 1. The molecule has 0 fully saturated rings. The van der Waals surface area contributed by atoms with Crippen LogP contribution in [0.4, 0.5) is 10.1 Å². The van der Waals surface area contributed by atoms with Crippen LogP contribution in [0.2, 0.25) is 5.02 Å². The molecule has 0 radical (unpaired) electrons. The van der Waals surface area contributed by atoms with Crippen molar-refractivity contribution in [3.63, 3.8) is 0 Å². The number of benzene rings is 1. The first-order chi connectivity index (χ1) is 12.0. The largest absolute Gasteiger partial charge is 0.334 e. The molecule has 3 aromatic rings. The van der Waals surface area contributed by atoms with Crippen LogP contribution in [0.25, 0.3) is 11.0 Å². The number of nitrogens with one attached hydrogen (secondary N) is 1. The zero-order valence-electron chi connectivity index (χ0n) is 13.3. The van der Waals surface area contributed by atoms with Crippen LogP contribution in [0.15, 0.2) is 49.3 Å². The van der Waals surface area contributed by atoms with E-state index in [2.05, 4.69) is 28.7 Å². The molecule has 3 rings (SSSR count). The predicted molar refractivity (Wildman–Crippen MR) is 96.9 cm³/mol. The summed E-state index contributed by atoms with van der Waals surface area (Å²) in [6.45, 7) is 3.42. The fourth-order valence-corrected chi connectivity index (χ4v) is 2.45. The summed E-state index contributed by atoms with van der Waals surface area (Å²) in [6, 6.07) is 6.19. The highest BCUT2D eigenvalue weighted by Crippen LogP contribution is 2.22. The highest BCUT2D eigenvalue weighted by Gasteiger charge is 2.08. The molecule has 0 atom stereocenters. The van der Waals surface area contributed by atoms with Crippen molar-refractivity contribution in [3.8, 4) is 11.8 Å². The van der Waals surface area contributed by atoms with Gasteiger partial charge in [-0.25, -0.2) is 9.37 Å². The van der Waals surface area contributed by atoms with E-state index in [1.807, 2.05) is 17.8 Å². The van der Waals surface area contributed by atoms with Crippen LogP contribution in [-0.4, -0.2) is 15.5 Å². The van der Waals surface area contributed by atoms with Gasteiger partial charge in [0.15, 0.2) is 0 Å². The first-order valence-electron chi connectivity index (χ1n) is 7.33. The SMILES string of the molecule is C=CC(=O)Nc1cnc2c(c1)c(C#Cc1ccc(Cl)c(F)c1)cn2C. The molecule has 124 valence electrons. The van der Waals surface area contributed by atoms with E-state index in [0.717, 1.165) is 16.6 Å². The van der Waals surface area contributed by atoms with Crippen molar-refractivity contribution in [2.75, 3.05) is 5.32 Å². The van der Waals surface area contributed by atoms with Crippen LogP contribution in [0.3, 0.4) is 0 Å². The van der Waals surface area contributed by atoms with Crippen LogP contribution in [-0.2, 0) is 11.8 Å². The van der Waals surface area contributed by atoms with E-state index in [4.69, 9.17) is 11.6 Å². The number of carbonyl (C=O) groups excluding carboxylic acids is 1. The summed E-state index contributed by atoms with van der Waals surface area (Å²) in [5, 5.41) is 3.51. The van der Waals surface area contributed by atoms with Crippen molar-refractivity contribution in [3.05, 3.63) is 71.3 Å². The number of aromatic nitrogens is 2. The molecule has 1 N–H and O–H groups in total. The maximum atomic E-state index is 13.5. The van der Waals surface area contributed by atoms with Crippen LogP contribution in [0.1, 0.15) is 11.1 Å². The first kappa shape index (κ1) is 16.7. The van der Waals surface area contributed by atoms with Gasteiger partial charge in [-0.15, -0.1) is 0 Å². The van der Waals surface area contributed by atoms with Crippen LogP contribution < -0.4 is 5.32 Å². The molecular weight excluding hydrogens is 341 g/mol. The highest BCUT2D eigenvalue weighted by molar-refractivity contribution is 6.30. The standard InChI is InChI=1S/C19H13ClFN3O/c1-3-18(25)23-14-9-15-13(11-24(2)19(15)22-10-14)6-4-12-5-7-16(20)17(21)8-12/h3,5,7-11H,1H2,2H3,(H,23,25). The zero-order chi connectivity index (χ0) is 18.0. The van der Waals surface area contributed by atoms with Crippen molar-refractivity contribution >= 4 is 34.2 Å². The van der Waals surface area contributed by atoms with Gasteiger partial charge in [-0.05, 0) is 30.3 Å². The number of fused-ring (bicyclic) bond motifs is 1. The summed E-state index contributed by atoms with van der Waals surface area (Å²) in [5.74, 6) is 5.10. The Bertz CT molecular complexity index is 1060. The fourth-order valence-electron chi connectivity index (χ4n) is 2.34. The number of rotatable bonds is 2. The Morgan fingerprint density at radius 3 is 2.92 bits per heavy atom. The fraction of sp³-hybridized carbons (Fsp3) is 0.0526. The van der Waals surface area contributed by atoms with E-state index in [1.165, 1.54) is 18.2 Å². The molecule has 2 heterocycles. The molecule has 0 unspecified atom stereocenters. The van der Waals surface area contributed by atoms with Gasteiger partial charge in [0, 0.05) is 24.2 Å². The van der Waals surface area contributed by atoms with Gasteiger partial charge in [0.1, 0.15) is 11.5 Å². The Hall–Kier alpha value is -3.10. The van der Waals surface area contributed by atoms with Crippen molar-refractivity contribution in [1.29, 1.82) is 0 Å². The molecule has 2 aromatic heterocycles. The Labute approximate surface area is 148 Å². The maximum Gasteiger partial charge on any atom is 0.247 e. The van der Waals surface area contributed by atoms with Crippen molar-refractivity contribution < 1.29 is 9.18 Å². The average Bonchev–Trinajstić information content (AvgIpc) is 2.91. The molecule has 6 heteroatoms. The topological polar surface area (TPSA) is 46.9 Å². The Balaban J connectivity index is 2.02. The molecule has 0 spiro atoms. The molecule has 4 nitrogen and oxygen atoms in total. The van der Waals surface area contributed by atoms with E-state index in [-0.39, 0.29) is 10.9 Å². The Kier molecular flexibility index (Phi) is 4.55. The number of halogens is 2. The highest BCUT2D eigenvalue weighted by atomic mass is 35.5. The van der Waals surface area contributed by atoms with Gasteiger partial charge < -0.3 is 9.88 Å². The summed E-state index contributed by atoms with van der Waals surface area (Å²) < 4.78 is 15.3. The lowest BCUT2D eigenvalue weighted by Gasteiger charge is -2.02. The smallest absolute Gasteiger partial charge is 0.247 e. The van der Waals surface area contributed by atoms with Crippen molar-refractivity contribution in [2.45, 2.75) is 0 Å². The molecule has 0 bridgehead atoms. The summed E-state index contributed by atoms with van der Waals surface area (Å²) in [4.78, 5) is 15.8. The van der Waals surface area contributed by atoms with Gasteiger partial charge in [-0.1, -0.05) is 30.0 Å². The lowest BCUT2D eigenvalue weighted by Crippen LogP contribution is -2.07. The molecule has 0 aliphatic rings. The number of hydrogen-bond donors (Lipinski definition) is 1. The van der Waals surface area contributed by atoms with Gasteiger partial charge in [-0.3, -0.25) is 4.79 Å². The van der Waals surface area contributed by atoms with Crippen molar-refractivity contribution in [2.24, 2.45) is 7.05 Å². The van der Waals surface area contributed by atoms with Crippen LogP contribution in [0, 0.1) is 17.7 Å². The van der Waals surface area contributed by atoms with E-state index < -0.39 is 5.82 Å². The summed E-state index contributed by atoms with van der Waals surface area (Å²) in [7, 11) is 1.85. The van der Waals surface area contributed by atoms with Crippen molar-refractivity contribution in [1.82, 2.24) is 9.55 Å². The Morgan fingerprint density at radius 1 is 1.40 bits per heavy atom. The second kappa shape index (κ2) is 6.80. The molecule has 25 heavy (non-hydrogen) atoms. The number of nitrogens with zero attached hydrogens (tertiary/aromatic N) is 2. The second-order valence-corrected chi connectivity index (χ2v) is 5.73. The predicted octanol–water partition coefficient (Wildman–Crippen LogP) is 3.89. The average molecular weight is 354 g/mol. The minimum atomic E-state index is -0.512. The number of hydrogen-bond acceptors (Lipinski definition) is 2. The van der Waals surface area contributed by atoms with Gasteiger partial charge >= 0.3 is 0 Å². The number of anilines is 1. The van der Waals surface area contributed by atoms with E-state index in [0.29, 0.717) is 11.3 Å². The molecule has 0 aliphatic heterocycles. The first-order valence-corrected chi connectivity index (χ1v) is 7.71. The number of amides is 1. The minimum Gasteiger partial charge on any atom is -0.334 e. The minimum absolute atomic E-state index is 0.0579. The molecule has 1 aromatic carbocycles. The molecular formula is C19H13ClFN3O. The second-order valence-electron chi connectivity index (χ2n) is 5.32. The maximum absolute atomic E-state index is 13.5. The van der Waals surface area contributed by atoms with E-state index in [9.17, 15) is 9.18 Å². The third-order valence-corrected chi connectivity index (χ3v) is 3.83. The molecule has 0 aliphatic carbocycles. The molecule has 0 saturated heterocycles. The van der Waals surface area contributed by atoms with Gasteiger partial charge in [0.05, 0.1) is 22.5 Å². The van der Waals surface area contributed by atoms with Gasteiger partial charge in [0.2, 0.25) is 5.91 Å². The summed E-state index contributed by atoms with van der Waals surface area (Å²) in [5.41, 5.74) is 2.51. The monoisotopic (exact) mass is 353 g/mol. The summed E-state index contributed by atoms with van der Waals surface area (Å²) in [6.07, 6.45) is 4.58. The molecule has 0 saturated carbocycles. The number of pyridine rings is 1. The quantitative estimate of drug-likeness (QED) is 0.561. The third-order valence-electron chi connectivity index (χ3n) is 3.53. The van der Waals surface area contributed by atoms with Crippen LogP contribution >= 0.6 is 11.6 Å². The number of aryl methyl sites for hydroxylation is 1. The van der Waals surface area contributed by atoms with Gasteiger partial charge in [-0.2, -0.15) is 0 Å². The normalized spacial score (nSPS) is 10.2. The lowest BCUT2D eigenvalue weighted by molar-refractivity contribution is -0.111. The zero-order valence-corrected chi connectivity index (χ0v) is 14.1. The third kappa shape index (κ3) is 3.54. The molecule has 1 amide bonds. The Morgan fingerprint density at radius 2 is 2.20 bits per heavy atom. The lowest BCUT2D eigenvalue weighted by atomic mass is 10.1.